The van der Waals surface area contributed by atoms with Crippen molar-refractivity contribution in [2.75, 3.05) is 0 Å². The molecule has 1 heterocycles. The van der Waals surface area contributed by atoms with Crippen LogP contribution in [0.15, 0.2) is 97.4 Å². The summed E-state index contributed by atoms with van der Waals surface area (Å²) in [4.78, 5) is 13.3. The zero-order chi connectivity index (χ0) is 24.9. The van der Waals surface area contributed by atoms with Crippen LogP contribution >= 0.6 is 0 Å². The molecule has 0 saturated heterocycles. The van der Waals surface area contributed by atoms with E-state index in [9.17, 15) is 4.79 Å². The molecule has 3 aromatic rings. The molecule has 0 bridgehead atoms. The van der Waals surface area contributed by atoms with Crippen LogP contribution in [0.1, 0.15) is 41.5 Å². The van der Waals surface area contributed by atoms with Gasteiger partial charge in [-0.25, -0.2) is 0 Å². The van der Waals surface area contributed by atoms with Crippen molar-refractivity contribution in [1.29, 1.82) is 0 Å². The Balaban J connectivity index is 0.000000330. The third kappa shape index (κ3) is 5.04. The predicted octanol–water partition coefficient (Wildman–Crippen LogP) is 5.89. The van der Waals surface area contributed by atoms with Crippen LogP contribution in [0, 0.1) is 12.8 Å². The van der Waals surface area contributed by atoms with Crippen molar-refractivity contribution in [1.82, 2.24) is 5.32 Å². The van der Waals surface area contributed by atoms with Gasteiger partial charge >= 0.3 is 0 Å². The van der Waals surface area contributed by atoms with E-state index in [-0.39, 0.29) is 11.8 Å². The summed E-state index contributed by atoms with van der Waals surface area (Å²) in [5.74, 6) is 0.270. The number of rotatable bonds is 3. The van der Waals surface area contributed by atoms with Gasteiger partial charge in [0.1, 0.15) is 5.78 Å². The Hall–Kier alpha value is -3.91. The highest BCUT2D eigenvalue weighted by atomic mass is 16.1. The van der Waals surface area contributed by atoms with Crippen LogP contribution in [-0.4, -0.2) is 5.78 Å². The molecule has 0 fully saturated rings. The topological polar surface area (TPSA) is 29.1 Å². The SMILES string of the molecule is C1=CC=CNC=C1.Cc1ccc(C(C)C(=O)C2C=c3c(ccc4c3=CCc3ccccc3-4)CC2)cc1. The van der Waals surface area contributed by atoms with E-state index in [0.29, 0.717) is 5.78 Å². The molecule has 3 aromatic carbocycles. The fourth-order valence-electron chi connectivity index (χ4n) is 5.29. The third-order valence-electron chi connectivity index (χ3n) is 7.39. The molecule has 0 aromatic heterocycles. The summed E-state index contributed by atoms with van der Waals surface area (Å²) in [5, 5.41) is 5.53. The molecule has 3 aliphatic rings. The van der Waals surface area contributed by atoms with Gasteiger partial charge < -0.3 is 5.32 Å². The van der Waals surface area contributed by atoms with E-state index in [2.05, 4.69) is 92.0 Å². The van der Waals surface area contributed by atoms with E-state index >= 15 is 0 Å². The van der Waals surface area contributed by atoms with Gasteiger partial charge in [0.05, 0.1) is 0 Å². The van der Waals surface area contributed by atoms with Crippen molar-refractivity contribution < 1.29 is 4.79 Å². The molecule has 0 amide bonds. The molecule has 36 heavy (non-hydrogen) atoms. The van der Waals surface area contributed by atoms with E-state index in [4.69, 9.17) is 0 Å². The zero-order valence-electron chi connectivity index (χ0n) is 21.1. The Kier molecular flexibility index (Phi) is 7.13. The number of nitrogens with one attached hydrogen (secondary N) is 1. The van der Waals surface area contributed by atoms with Gasteiger partial charge in [0.15, 0.2) is 0 Å². The Labute approximate surface area is 214 Å². The molecule has 0 radical (unpaired) electrons. The Bertz CT molecular complexity index is 1460. The fraction of sp³-hybridized carbons (Fsp3) is 0.206. The summed E-state index contributed by atoms with van der Waals surface area (Å²) in [6.07, 6.45) is 19.0. The van der Waals surface area contributed by atoms with Gasteiger partial charge in [-0.05, 0) is 76.6 Å². The lowest BCUT2D eigenvalue weighted by molar-refractivity contribution is -0.122. The van der Waals surface area contributed by atoms with Crippen LogP contribution in [-0.2, 0) is 17.6 Å². The second kappa shape index (κ2) is 10.8. The molecule has 2 heteroatoms. The first-order chi connectivity index (χ1) is 17.6. The summed E-state index contributed by atoms with van der Waals surface area (Å²) in [6, 6.07) is 21.6. The molecular weight excluding hydrogens is 438 g/mol. The summed E-state index contributed by atoms with van der Waals surface area (Å²) in [5.41, 5.74) is 7.76. The third-order valence-corrected chi connectivity index (χ3v) is 7.39. The molecule has 1 aliphatic heterocycles. The minimum absolute atomic E-state index is 0.00382. The van der Waals surface area contributed by atoms with Gasteiger partial charge in [-0.15, -0.1) is 0 Å². The zero-order valence-corrected chi connectivity index (χ0v) is 21.1. The number of allylic oxidation sites excluding steroid dienone is 4. The number of hydrogen-bond donors (Lipinski definition) is 1. The quantitative estimate of drug-likeness (QED) is 0.516. The predicted molar refractivity (Wildman–Crippen MR) is 151 cm³/mol. The van der Waals surface area contributed by atoms with Gasteiger partial charge in [0.2, 0.25) is 0 Å². The van der Waals surface area contributed by atoms with Crippen LogP contribution < -0.4 is 15.8 Å². The molecule has 2 unspecified atom stereocenters. The van der Waals surface area contributed by atoms with Crippen LogP contribution in [0.2, 0.25) is 0 Å². The number of benzene rings is 3. The van der Waals surface area contributed by atoms with Gasteiger partial charge in [0, 0.05) is 24.2 Å². The van der Waals surface area contributed by atoms with Crippen LogP contribution in [0.5, 0.6) is 0 Å². The number of carbonyl (C=O) groups is 1. The summed E-state index contributed by atoms with van der Waals surface area (Å²) >= 11 is 0. The van der Waals surface area contributed by atoms with E-state index in [0.717, 1.165) is 24.8 Å². The number of Topliss-reactive ketones (excluding diaryl/α,β-unsaturated/α-hetero) is 1. The Morgan fingerprint density at radius 1 is 0.833 bits per heavy atom. The van der Waals surface area contributed by atoms with Crippen molar-refractivity contribution in [2.45, 2.75) is 39.0 Å². The first kappa shape index (κ1) is 23.8. The standard InChI is InChI=1S/C28H26O.C6H7N/c1-18-7-9-20(10-8-18)19(2)28(29)23-12-11-22-14-15-25-24-6-4-3-5-21(24)13-16-26(25)27(22)17-23;1-2-4-6-7-5-3-1/h3-10,14-17,19,23H,11-13H2,1-2H3;1-7H. The minimum atomic E-state index is -0.0670. The molecular formula is C34H33NO. The normalized spacial score (nSPS) is 17.4. The van der Waals surface area contributed by atoms with Gasteiger partial charge in [-0.1, -0.05) is 97.5 Å². The van der Waals surface area contributed by atoms with E-state index in [1.165, 1.54) is 38.3 Å². The van der Waals surface area contributed by atoms with Gasteiger partial charge in [-0.2, -0.15) is 0 Å². The molecule has 0 spiro atoms. The summed E-state index contributed by atoms with van der Waals surface area (Å²) in [6.45, 7) is 4.14. The molecule has 180 valence electrons. The van der Waals surface area contributed by atoms with Gasteiger partial charge in [-0.3, -0.25) is 4.79 Å². The average Bonchev–Trinajstić information content (AvgIpc) is 3.26. The van der Waals surface area contributed by atoms with E-state index in [1.807, 2.05) is 36.7 Å². The maximum atomic E-state index is 13.3. The first-order valence-electron chi connectivity index (χ1n) is 12.9. The Morgan fingerprint density at radius 3 is 2.36 bits per heavy atom. The number of fused-ring (bicyclic) bond motifs is 5. The molecule has 6 rings (SSSR count). The highest BCUT2D eigenvalue weighted by Gasteiger charge is 2.26. The molecule has 2 atom stereocenters. The van der Waals surface area contributed by atoms with Crippen molar-refractivity contribution >= 4 is 17.9 Å². The molecule has 0 saturated carbocycles. The van der Waals surface area contributed by atoms with E-state index in [1.54, 1.807) is 0 Å². The molecule has 2 aliphatic carbocycles. The lowest BCUT2D eigenvalue weighted by atomic mass is 9.80. The smallest absolute Gasteiger partial charge is 0.146 e. The number of carbonyl (C=O) groups excluding carboxylic acids is 1. The summed E-state index contributed by atoms with van der Waals surface area (Å²) < 4.78 is 0. The van der Waals surface area contributed by atoms with Crippen molar-refractivity contribution in [2.24, 2.45) is 5.92 Å². The maximum absolute atomic E-state index is 13.3. The number of ketones is 1. The fourth-order valence-corrected chi connectivity index (χ4v) is 5.29. The van der Waals surface area contributed by atoms with Crippen molar-refractivity contribution in [3.05, 3.63) is 130 Å². The second-order valence-corrected chi connectivity index (χ2v) is 9.78. The maximum Gasteiger partial charge on any atom is 0.146 e. The lowest BCUT2D eigenvalue weighted by Crippen LogP contribution is -2.37. The van der Waals surface area contributed by atoms with Crippen LogP contribution in [0.4, 0.5) is 0 Å². The van der Waals surface area contributed by atoms with Crippen molar-refractivity contribution in [3.63, 3.8) is 0 Å². The van der Waals surface area contributed by atoms with Crippen LogP contribution in [0.3, 0.4) is 0 Å². The monoisotopic (exact) mass is 471 g/mol. The number of hydrogen-bond acceptors (Lipinski definition) is 2. The van der Waals surface area contributed by atoms with Crippen LogP contribution in [0.25, 0.3) is 23.3 Å². The molecule has 2 nitrogen and oxygen atoms in total. The average molecular weight is 472 g/mol. The summed E-state index contributed by atoms with van der Waals surface area (Å²) in [7, 11) is 0. The van der Waals surface area contributed by atoms with Crippen molar-refractivity contribution in [3.8, 4) is 11.1 Å². The highest BCUT2D eigenvalue weighted by molar-refractivity contribution is 5.92. The largest absolute Gasteiger partial charge is 0.368 e. The lowest BCUT2D eigenvalue weighted by Gasteiger charge is -2.23. The highest BCUT2D eigenvalue weighted by Crippen LogP contribution is 2.28. The number of aryl methyl sites for hydroxylation is 2. The Morgan fingerprint density at radius 2 is 1.58 bits per heavy atom. The minimum Gasteiger partial charge on any atom is -0.368 e. The van der Waals surface area contributed by atoms with Gasteiger partial charge in [0.25, 0.3) is 0 Å². The first-order valence-corrected chi connectivity index (χ1v) is 12.9. The van der Waals surface area contributed by atoms with E-state index < -0.39 is 0 Å². The second-order valence-electron chi connectivity index (χ2n) is 9.78. The molecule has 1 N–H and O–H groups in total.